The third kappa shape index (κ3) is 5.81. The molecule has 0 unspecified atom stereocenters. The molecule has 3 aromatic carbocycles. The van der Waals surface area contributed by atoms with E-state index in [9.17, 15) is 0 Å². The summed E-state index contributed by atoms with van der Waals surface area (Å²) in [6.45, 7) is 10.4. The number of fused-ring (bicyclic) bond motifs is 2. The Kier molecular flexibility index (Phi) is 7.32. The first-order valence-electron chi connectivity index (χ1n) is 9.02. The summed E-state index contributed by atoms with van der Waals surface area (Å²) in [6, 6.07) is 19.3. The molecule has 3 aromatic rings. The summed E-state index contributed by atoms with van der Waals surface area (Å²) in [5.41, 5.74) is 3.84. The minimum absolute atomic E-state index is 0.812. The van der Waals surface area contributed by atoms with Crippen molar-refractivity contribution in [3.63, 3.8) is 0 Å². The van der Waals surface area contributed by atoms with E-state index < -0.39 is 0 Å². The Labute approximate surface area is 151 Å². The van der Waals surface area contributed by atoms with Crippen molar-refractivity contribution in [3.05, 3.63) is 72.5 Å². The van der Waals surface area contributed by atoms with Crippen LogP contribution in [0.4, 0.5) is 0 Å². The molecule has 1 heteroatoms. The van der Waals surface area contributed by atoms with Gasteiger partial charge in [0.1, 0.15) is 5.75 Å². The summed E-state index contributed by atoms with van der Waals surface area (Å²) in [5, 5.41) is 5.08. The van der Waals surface area contributed by atoms with Gasteiger partial charge in [0.05, 0.1) is 6.61 Å². The Bertz CT molecular complexity index is 866. The molecule has 0 saturated carbocycles. The summed E-state index contributed by atoms with van der Waals surface area (Å²) < 4.78 is 5.83. The summed E-state index contributed by atoms with van der Waals surface area (Å²) >= 11 is 0. The Morgan fingerprint density at radius 3 is 2.08 bits per heavy atom. The minimum Gasteiger partial charge on any atom is -0.494 e. The summed E-state index contributed by atoms with van der Waals surface area (Å²) in [7, 11) is 0. The lowest BCUT2D eigenvalue weighted by Gasteiger charge is -2.08. The molecular formula is C24H28O. The fourth-order valence-electron chi connectivity index (χ4n) is 2.55. The topological polar surface area (TPSA) is 9.23 Å². The molecular weight excluding hydrogens is 304 g/mol. The number of ether oxygens (including phenoxy) is 1. The van der Waals surface area contributed by atoms with E-state index >= 15 is 0 Å². The monoisotopic (exact) mass is 332 g/mol. The second-order valence-electron chi connectivity index (χ2n) is 6.44. The number of unbranched alkanes of at least 4 members (excludes halogenated alkanes) is 2. The average molecular weight is 332 g/mol. The number of hydrogen-bond acceptors (Lipinski definition) is 1. The van der Waals surface area contributed by atoms with Gasteiger partial charge in [0.15, 0.2) is 0 Å². The lowest BCUT2D eigenvalue weighted by Crippen LogP contribution is -1.96. The second kappa shape index (κ2) is 9.71. The van der Waals surface area contributed by atoms with Crippen LogP contribution in [0.5, 0.6) is 5.75 Å². The molecule has 0 spiro atoms. The van der Waals surface area contributed by atoms with E-state index in [-0.39, 0.29) is 0 Å². The quantitative estimate of drug-likeness (QED) is 0.270. The van der Waals surface area contributed by atoms with E-state index in [0.717, 1.165) is 24.4 Å². The number of hydrogen-bond donors (Lipinski definition) is 0. The SMILES string of the molecule is C=C=C(C)C.CCCCCOc1ccc2cc3ccccc3cc2c1. The smallest absolute Gasteiger partial charge is 0.119 e. The van der Waals surface area contributed by atoms with Crippen LogP contribution < -0.4 is 4.74 Å². The first-order chi connectivity index (χ1) is 12.1. The number of benzene rings is 3. The molecule has 0 aromatic heterocycles. The van der Waals surface area contributed by atoms with E-state index in [0.29, 0.717) is 0 Å². The van der Waals surface area contributed by atoms with Crippen molar-refractivity contribution < 1.29 is 4.74 Å². The van der Waals surface area contributed by atoms with Crippen LogP contribution in [-0.4, -0.2) is 6.61 Å². The maximum atomic E-state index is 5.83. The van der Waals surface area contributed by atoms with Crippen LogP contribution in [0.3, 0.4) is 0 Å². The van der Waals surface area contributed by atoms with Gasteiger partial charge in [-0.25, -0.2) is 0 Å². The van der Waals surface area contributed by atoms with Gasteiger partial charge in [-0.3, -0.25) is 0 Å². The molecule has 25 heavy (non-hydrogen) atoms. The fraction of sp³-hybridized carbons (Fsp3) is 0.292. The Balaban J connectivity index is 0.000000399. The summed E-state index contributed by atoms with van der Waals surface area (Å²) in [5.74, 6) is 0.976. The highest BCUT2D eigenvalue weighted by Gasteiger charge is 2.00. The van der Waals surface area contributed by atoms with Crippen LogP contribution in [0.2, 0.25) is 0 Å². The molecule has 0 amide bonds. The first-order valence-corrected chi connectivity index (χ1v) is 9.02. The lowest BCUT2D eigenvalue weighted by molar-refractivity contribution is 0.306. The highest BCUT2D eigenvalue weighted by Crippen LogP contribution is 2.26. The van der Waals surface area contributed by atoms with Gasteiger partial charge in [-0.05, 0) is 71.7 Å². The van der Waals surface area contributed by atoms with Gasteiger partial charge < -0.3 is 4.74 Å². The van der Waals surface area contributed by atoms with E-state index in [1.54, 1.807) is 0 Å². The maximum absolute atomic E-state index is 5.83. The normalized spacial score (nSPS) is 10.0. The maximum Gasteiger partial charge on any atom is 0.119 e. The van der Waals surface area contributed by atoms with Crippen LogP contribution in [0.15, 0.2) is 72.5 Å². The van der Waals surface area contributed by atoms with Crippen molar-refractivity contribution >= 4 is 21.5 Å². The minimum atomic E-state index is 0.812. The highest BCUT2D eigenvalue weighted by molar-refractivity contribution is 5.98. The molecule has 0 heterocycles. The third-order valence-electron chi connectivity index (χ3n) is 4.05. The average Bonchev–Trinajstić information content (AvgIpc) is 2.64. The van der Waals surface area contributed by atoms with E-state index in [4.69, 9.17) is 4.74 Å². The second-order valence-corrected chi connectivity index (χ2v) is 6.44. The van der Waals surface area contributed by atoms with Crippen LogP contribution in [0.25, 0.3) is 21.5 Å². The lowest BCUT2D eigenvalue weighted by atomic mass is 10.0. The van der Waals surface area contributed by atoms with Gasteiger partial charge in [-0.15, -0.1) is 5.73 Å². The van der Waals surface area contributed by atoms with Crippen LogP contribution in [0, 0.1) is 0 Å². The zero-order valence-corrected chi connectivity index (χ0v) is 15.6. The van der Waals surface area contributed by atoms with Gasteiger partial charge >= 0.3 is 0 Å². The van der Waals surface area contributed by atoms with Gasteiger partial charge in [0.25, 0.3) is 0 Å². The Hall–Kier alpha value is -2.50. The molecule has 1 nitrogen and oxygen atoms in total. The van der Waals surface area contributed by atoms with E-state index in [1.807, 2.05) is 13.8 Å². The highest BCUT2D eigenvalue weighted by atomic mass is 16.5. The molecule has 0 aliphatic carbocycles. The van der Waals surface area contributed by atoms with Crippen LogP contribution in [-0.2, 0) is 0 Å². The molecule has 0 aliphatic rings. The zero-order valence-electron chi connectivity index (χ0n) is 15.6. The largest absolute Gasteiger partial charge is 0.494 e. The molecule has 3 rings (SSSR count). The Morgan fingerprint density at radius 2 is 1.48 bits per heavy atom. The van der Waals surface area contributed by atoms with Gasteiger partial charge in [0, 0.05) is 0 Å². The van der Waals surface area contributed by atoms with Crippen LogP contribution >= 0.6 is 0 Å². The molecule has 0 radical (unpaired) electrons. The molecule has 0 bridgehead atoms. The molecule has 0 atom stereocenters. The molecule has 0 aliphatic heterocycles. The Morgan fingerprint density at radius 1 is 0.880 bits per heavy atom. The fourth-order valence-corrected chi connectivity index (χ4v) is 2.55. The van der Waals surface area contributed by atoms with Crippen molar-refractivity contribution in [2.24, 2.45) is 0 Å². The molecule has 0 N–H and O–H groups in total. The van der Waals surface area contributed by atoms with Crippen molar-refractivity contribution in [1.29, 1.82) is 0 Å². The van der Waals surface area contributed by atoms with Gasteiger partial charge in [-0.2, -0.15) is 0 Å². The predicted molar refractivity (Wildman–Crippen MR) is 110 cm³/mol. The van der Waals surface area contributed by atoms with Gasteiger partial charge in [-0.1, -0.05) is 56.7 Å². The van der Waals surface area contributed by atoms with E-state index in [1.165, 1.54) is 34.4 Å². The molecule has 0 saturated heterocycles. The van der Waals surface area contributed by atoms with Gasteiger partial charge in [0.2, 0.25) is 0 Å². The predicted octanol–water partition coefficient (Wildman–Crippen LogP) is 7.30. The van der Waals surface area contributed by atoms with Crippen molar-refractivity contribution in [1.82, 2.24) is 0 Å². The summed E-state index contributed by atoms with van der Waals surface area (Å²) in [6.07, 6.45) is 3.59. The zero-order chi connectivity index (χ0) is 18.1. The number of rotatable bonds is 5. The van der Waals surface area contributed by atoms with Crippen molar-refractivity contribution in [2.75, 3.05) is 6.61 Å². The van der Waals surface area contributed by atoms with E-state index in [2.05, 4.69) is 73.8 Å². The molecule has 0 fully saturated rings. The standard InChI is InChI=1S/C19H20O.C5H8/c1-2-3-6-11-20-19-10-9-17-12-15-7-4-5-8-16(15)13-18(17)14-19;1-4-5(2)3/h4-5,7-10,12-14H,2-3,6,11H2,1H3;1H2,2-3H3. The third-order valence-corrected chi connectivity index (χ3v) is 4.05. The first kappa shape index (κ1) is 18.8. The van der Waals surface area contributed by atoms with Crippen molar-refractivity contribution in [3.8, 4) is 5.75 Å². The van der Waals surface area contributed by atoms with Crippen LogP contribution in [0.1, 0.15) is 40.0 Å². The van der Waals surface area contributed by atoms with Crippen molar-refractivity contribution in [2.45, 2.75) is 40.0 Å². The number of allylic oxidation sites excluding steroid dienone is 1. The summed E-state index contributed by atoms with van der Waals surface area (Å²) in [4.78, 5) is 0. The molecule has 130 valence electrons.